The van der Waals surface area contributed by atoms with Gasteiger partial charge >= 0.3 is 0 Å². The molecule has 1 aromatic heterocycles. The molecule has 0 aliphatic carbocycles. The summed E-state index contributed by atoms with van der Waals surface area (Å²) in [6.45, 7) is 3.57. The molecule has 1 unspecified atom stereocenters. The van der Waals surface area contributed by atoms with Crippen molar-refractivity contribution in [3.05, 3.63) is 72.2 Å². The van der Waals surface area contributed by atoms with Gasteiger partial charge in [-0.1, -0.05) is 55.5 Å². The third kappa shape index (κ3) is 5.98. The van der Waals surface area contributed by atoms with Gasteiger partial charge in [-0.25, -0.2) is 4.98 Å². The number of aliphatic imine (C=N–C) groups is 1. The molecule has 1 heterocycles. The minimum absolute atomic E-state index is 0. The number of methoxy groups -OCH3 is 1. The van der Waals surface area contributed by atoms with Crippen LogP contribution in [-0.4, -0.2) is 48.6 Å². The molecule has 0 aliphatic heterocycles. The third-order valence-corrected chi connectivity index (χ3v) is 4.91. The highest BCUT2D eigenvalue weighted by atomic mass is 127. The van der Waals surface area contributed by atoms with Crippen LogP contribution in [0.1, 0.15) is 24.2 Å². The summed E-state index contributed by atoms with van der Waals surface area (Å²) >= 11 is 0. The zero-order chi connectivity index (χ0) is 20.6. The summed E-state index contributed by atoms with van der Waals surface area (Å²) < 4.78 is 5.48. The molecule has 3 aromatic rings. The molecule has 2 N–H and O–H groups in total. The Balaban J connectivity index is 0.00000320. The van der Waals surface area contributed by atoms with Crippen LogP contribution >= 0.6 is 24.0 Å². The molecule has 0 saturated heterocycles. The number of aromatic amines is 1. The van der Waals surface area contributed by atoms with E-state index in [-0.39, 0.29) is 29.9 Å². The van der Waals surface area contributed by atoms with E-state index in [1.54, 1.807) is 14.2 Å². The number of nitrogens with zero attached hydrogens (tertiary/aromatic N) is 3. The van der Waals surface area contributed by atoms with Crippen molar-refractivity contribution in [2.75, 3.05) is 27.7 Å². The predicted molar refractivity (Wildman–Crippen MR) is 134 cm³/mol. The van der Waals surface area contributed by atoms with E-state index in [4.69, 9.17) is 4.74 Å². The normalized spacial score (nSPS) is 12.1. The first-order valence-corrected chi connectivity index (χ1v) is 9.76. The molecular weight excluding hydrogens is 489 g/mol. The van der Waals surface area contributed by atoms with Crippen LogP contribution in [0.2, 0.25) is 0 Å². The number of H-pyrrole nitrogens is 1. The molecule has 0 spiro atoms. The van der Waals surface area contributed by atoms with E-state index >= 15 is 0 Å². The number of hydrogen-bond donors (Lipinski definition) is 2. The van der Waals surface area contributed by atoms with Gasteiger partial charge in [0.2, 0.25) is 0 Å². The number of ether oxygens (including phenoxy) is 1. The Kier molecular flexibility index (Phi) is 9.16. The Morgan fingerprint density at radius 3 is 2.57 bits per heavy atom. The number of benzene rings is 2. The van der Waals surface area contributed by atoms with Crippen LogP contribution in [0.4, 0.5) is 0 Å². The van der Waals surface area contributed by atoms with Crippen LogP contribution in [0.5, 0.6) is 5.75 Å². The Morgan fingerprint density at radius 2 is 1.87 bits per heavy atom. The number of guanidine groups is 1. The van der Waals surface area contributed by atoms with Crippen LogP contribution in [-0.2, 0) is 6.54 Å². The number of para-hydroxylation sites is 1. The second-order valence-electron chi connectivity index (χ2n) is 7.04. The van der Waals surface area contributed by atoms with Gasteiger partial charge in [0.15, 0.2) is 5.96 Å². The van der Waals surface area contributed by atoms with E-state index in [0.717, 1.165) is 35.3 Å². The SMILES string of the molecule is CN=C(NCC(C)c1ccccc1OC)N(C)Cc1ncc(-c2ccccc2)[nH]1.I. The number of imidazole rings is 1. The highest BCUT2D eigenvalue weighted by molar-refractivity contribution is 14.0. The lowest BCUT2D eigenvalue weighted by atomic mass is 10.0. The summed E-state index contributed by atoms with van der Waals surface area (Å²) in [7, 11) is 5.51. The molecule has 0 fully saturated rings. The Hall–Kier alpha value is -2.55. The molecule has 0 saturated carbocycles. The molecule has 0 aliphatic rings. The first-order valence-electron chi connectivity index (χ1n) is 9.76. The first-order chi connectivity index (χ1) is 14.1. The van der Waals surface area contributed by atoms with Gasteiger partial charge in [0.05, 0.1) is 25.5 Å². The van der Waals surface area contributed by atoms with E-state index in [1.165, 1.54) is 5.56 Å². The summed E-state index contributed by atoms with van der Waals surface area (Å²) in [4.78, 5) is 14.4. The minimum Gasteiger partial charge on any atom is -0.496 e. The van der Waals surface area contributed by atoms with Crippen LogP contribution in [0, 0.1) is 0 Å². The maximum absolute atomic E-state index is 5.48. The van der Waals surface area contributed by atoms with Crippen molar-refractivity contribution >= 4 is 29.9 Å². The van der Waals surface area contributed by atoms with Crippen molar-refractivity contribution in [3.8, 4) is 17.0 Å². The fraction of sp³-hybridized carbons (Fsp3) is 0.304. The van der Waals surface area contributed by atoms with Gasteiger partial charge in [0.1, 0.15) is 11.6 Å². The Labute approximate surface area is 195 Å². The first kappa shape index (κ1) is 23.7. The molecule has 30 heavy (non-hydrogen) atoms. The van der Waals surface area contributed by atoms with Crippen LogP contribution in [0.15, 0.2) is 65.8 Å². The van der Waals surface area contributed by atoms with E-state index < -0.39 is 0 Å². The van der Waals surface area contributed by atoms with E-state index in [9.17, 15) is 0 Å². The Morgan fingerprint density at radius 1 is 1.17 bits per heavy atom. The van der Waals surface area contributed by atoms with Crippen molar-refractivity contribution in [3.63, 3.8) is 0 Å². The lowest BCUT2D eigenvalue weighted by molar-refractivity contribution is 0.405. The molecular formula is C23H30IN5O. The highest BCUT2D eigenvalue weighted by Crippen LogP contribution is 2.25. The smallest absolute Gasteiger partial charge is 0.193 e. The summed E-state index contributed by atoms with van der Waals surface area (Å²) in [5.41, 5.74) is 3.32. The lowest BCUT2D eigenvalue weighted by Gasteiger charge is -2.23. The number of rotatable bonds is 7. The minimum atomic E-state index is 0. The molecule has 0 bridgehead atoms. The summed E-state index contributed by atoms with van der Waals surface area (Å²) in [5.74, 6) is 2.91. The van der Waals surface area contributed by atoms with Crippen LogP contribution in [0.3, 0.4) is 0 Å². The van der Waals surface area contributed by atoms with Crippen molar-refractivity contribution in [2.45, 2.75) is 19.4 Å². The number of aromatic nitrogens is 2. The second-order valence-corrected chi connectivity index (χ2v) is 7.04. The molecule has 6 nitrogen and oxygen atoms in total. The Bertz CT molecular complexity index is 942. The zero-order valence-corrected chi connectivity index (χ0v) is 20.3. The number of hydrogen-bond acceptors (Lipinski definition) is 3. The van der Waals surface area contributed by atoms with Gasteiger partial charge in [-0.3, -0.25) is 4.99 Å². The molecule has 160 valence electrons. The van der Waals surface area contributed by atoms with Gasteiger partial charge < -0.3 is 19.9 Å². The number of nitrogens with one attached hydrogen (secondary N) is 2. The average molecular weight is 519 g/mol. The van der Waals surface area contributed by atoms with Crippen molar-refractivity contribution in [1.82, 2.24) is 20.2 Å². The van der Waals surface area contributed by atoms with Crippen molar-refractivity contribution in [1.29, 1.82) is 0 Å². The maximum Gasteiger partial charge on any atom is 0.193 e. The summed E-state index contributed by atoms with van der Waals surface area (Å²) in [6.07, 6.45) is 1.87. The van der Waals surface area contributed by atoms with Gasteiger partial charge in [-0.15, -0.1) is 24.0 Å². The molecule has 0 amide bonds. The zero-order valence-electron chi connectivity index (χ0n) is 17.9. The average Bonchev–Trinajstić information content (AvgIpc) is 3.23. The maximum atomic E-state index is 5.48. The summed E-state index contributed by atoms with van der Waals surface area (Å²) in [5, 5.41) is 3.46. The van der Waals surface area contributed by atoms with Gasteiger partial charge in [0, 0.05) is 26.6 Å². The molecule has 0 radical (unpaired) electrons. The fourth-order valence-electron chi connectivity index (χ4n) is 3.32. The monoisotopic (exact) mass is 519 g/mol. The van der Waals surface area contributed by atoms with E-state index in [1.807, 2.05) is 49.6 Å². The van der Waals surface area contributed by atoms with Crippen molar-refractivity contribution < 1.29 is 4.74 Å². The van der Waals surface area contributed by atoms with Crippen LogP contribution in [0.25, 0.3) is 11.3 Å². The molecule has 7 heteroatoms. The topological polar surface area (TPSA) is 65.5 Å². The van der Waals surface area contributed by atoms with Gasteiger partial charge in [0.25, 0.3) is 0 Å². The van der Waals surface area contributed by atoms with E-state index in [0.29, 0.717) is 6.54 Å². The standard InChI is InChI=1S/C23H29N5O.HI/c1-17(19-12-8-9-13-21(19)29-4)14-26-23(24-2)28(3)16-22-25-15-20(27-22)18-10-6-5-7-11-18;/h5-13,15,17H,14,16H2,1-4H3,(H,24,26)(H,25,27);1H. The fourth-order valence-corrected chi connectivity index (χ4v) is 3.32. The molecule has 3 rings (SSSR count). The van der Waals surface area contributed by atoms with Crippen molar-refractivity contribution in [2.24, 2.45) is 4.99 Å². The van der Waals surface area contributed by atoms with E-state index in [2.05, 4.69) is 50.3 Å². The quantitative estimate of drug-likeness (QED) is 0.274. The second kappa shape index (κ2) is 11.6. The molecule has 2 aromatic carbocycles. The molecule has 1 atom stereocenters. The largest absolute Gasteiger partial charge is 0.496 e. The highest BCUT2D eigenvalue weighted by Gasteiger charge is 2.14. The number of halogens is 1. The lowest BCUT2D eigenvalue weighted by Crippen LogP contribution is -2.40. The van der Waals surface area contributed by atoms with Gasteiger partial charge in [-0.05, 0) is 17.2 Å². The van der Waals surface area contributed by atoms with Gasteiger partial charge in [-0.2, -0.15) is 0 Å². The summed E-state index contributed by atoms with van der Waals surface area (Å²) in [6, 6.07) is 18.3. The van der Waals surface area contributed by atoms with Crippen LogP contribution < -0.4 is 10.1 Å². The predicted octanol–water partition coefficient (Wildman–Crippen LogP) is 4.51. The third-order valence-electron chi connectivity index (χ3n) is 4.91.